The second kappa shape index (κ2) is 5.74. The Labute approximate surface area is 117 Å². The molecule has 2 aromatic rings. The quantitative estimate of drug-likeness (QED) is 0.753. The monoisotopic (exact) mass is 269 g/mol. The van der Waals surface area contributed by atoms with Gasteiger partial charge in [-0.05, 0) is 43.0 Å². The molecule has 4 nitrogen and oxygen atoms in total. The fraction of sp³-hybridized carbons (Fsp3) is 0.250. The summed E-state index contributed by atoms with van der Waals surface area (Å²) in [5, 5.41) is 0. The van der Waals surface area contributed by atoms with E-state index in [2.05, 4.69) is 4.98 Å². The first kappa shape index (κ1) is 12.7. The predicted octanol–water partition coefficient (Wildman–Crippen LogP) is 3.48. The Morgan fingerprint density at radius 2 is 2.00 bits per heavy atom. The lowest BCUT2D eigenvalue weighted by atomic mass is 10.3. The molecule has 4 heteroatoms. The molecule has 1 saturated carbocycles. The highest BCUT2D eigenvalue weighted by Gasteiger charge is 2.21. The van der Waals surface area contributed by atoms with E-state index in [1.54, 1.807) is 12.1 Å². The Morgan fingerprint density at radius 1 is 1.15 bits per heavy atom. The number of ether oxygens (including phenoxy) is 2. The van der Waals surface area contributed by atoms with Crippen LogP contribution in [-0.4, -0.2) is 17.9 Å². The van der Waals surface area contributed by atoms with E-state index in [0.717, 1.165) is 18.3 Å². The fourth-order valence-corrected chi connectivity index (χ4v) is 1.78. The highest BCUT2D eigenvalue weighted by Crippen LogP contribution is 2.30. The van der Waals surface area contributed by atoms with E-state index in [1.165, 1.54) is 19.0 Å². The molecule has 102 valence electrons. The van der Waals surface area contributed by atoms with Crippen molar-refractivity contribution in [2.24, 2.45) is 5.92 Å². The van der Waals surface area contributed by atoms with E-state index >= 15 is 0 Å². The van der Waals surface area contributed by atoms with Crippen LogP contribution < -0.4 is 9.47 Å². The van der Waals surface area contributed by atoms with Gasteiger partial charge in [-0.15, -0.1) is 0 Å². The lowest BCUT2D eigenvalue weighted by molar-refractivity contribution is 0.111. The molecule has 3 rings (SSSR count). The van der Waals surface area contributed by atoms with Gasteiger partial charge in [0.05, 0.1) is 12.8 Å². The maximum absolute atomic E-state index is 10.5. The molecule has 1 aromatic carbocycles. The van der Waals surface area contributed by atoms with Gasteiger partial charge in [-0.1, -0.05) is 6.07 Å². The normalized spacial score (nSPS) is 13.8. The zero-order chi connectivity index (χ0) is 13.8. The smallest absolute Gasteiger partial charge is 0.168 e. The maximum atomic E-state index is 10.5. The van der Waals surface area contributed by atoms with Crippen LogP contribution in [0.3, 0.4) is 0 Å². The number of aldehydes is 1. The third-order valence-corrected chi connectivity index (χ3v) is 3.10. The van der Waals surface area contributed by atoms with Gasteiger partial charge in [0.2, 0.25) is 0 Å². The van der Waals surface area contributed by atoms with Gasteiger partial charge in [0.25, 0.3) is 0 Å². The van der Waals surface area contributed by atoms with E-state index < -0.39 is 0 Å². The molecule has 1 fully saturated rings. The van der Waals surface area contributed by atoms with Crippen molar-refractivity contribution < 1.29 is 14.3 Å². The molecule has 20 heavy (non-hydrogen) atoms. The number of carbonyl (C=O) groups excluding carboxylic acids is 1. The van der Waals surface area contributed by atoms with Crippen molar-refractivity contribution in [1.29, 1.82) is 0 Å². The van der Waals surface area contributed by atoms with Crippen LogP contribution in [0.5, 0.6) is 17.2 Å². The SMILES string of the molecule is O=Cc1ccc(Oc2cccc(OCC3CC3)c2)cn1. The molecule has 0 radical (unpaired) electrons. The van der Waals surface area contributed by atoms with E-state index in [-0.39, 0.29) is 0 Å². The van der Waals surface area contributed by atoms with E-state index in [4.69, 9.17) is 9.47 Å². The summed E-state index contributed by atoms with van der Waals surface area (Å²) in [5.41, 5.74) is 0.388. The van der Waals surface area contributed by atoms with Crippen LogP contribution in [0.15, 0.2) is 42.6 Å². The van der Waals surface area contributed by atoms with Crippen molar-refractivity contribution in [2.45, 2.75) is 12.8 Å². The number of pyridine rings is 1. The van der Waals surface area contributed by atoms with Crippen molar-refractivity contribution in [3.63, 3.8) is 0 Å². The van der Waals surface area contributed by atoms with Crippen molar-refractivity contribution in [3.05, 3.63) is 48.3 Å². The van der Waals surface area contributed by atoms with Crippen LogP contribution in [0.25, 0.3) is 0 Å². The largest absolute Gasteiger partial charge is 0.493 e. The minimum Gasteiger partial charge on any atom is -0.493 e. The Hall–Kier alpha value is -2.36. The van der Waals surface area contributed by atoms with Crippen LogP contribution >= 0.6 is 0 Å². The van der Waals surface area contributed by atoms with Crippen LogP contribution in [0.4, 0.5) is 0 Å². The first-order chi connectivity index (χ1) is 9.83. The Kier molecular flexibility index (Phi) is 3.63. The molecule has 1 aromatic heterocycles. The lowest BCUT2D eigenvalue weighted by Gasteiger charge is -2.08. The fourth-order valence-electron chi connectivity index (χ4n) is 1.78. The van der Waals surface area contributed by atoms with Crippen LogP contribution in [0.1, 0.15) is 23.3 Å². The summed E-state index contributed by atoms with van der Waals surface area (Å²) in [5.74, 6) is 2.82. The molecule has 0 amide bonds. The van der Waals surface area contributed by atoms with Gasteiger partial charge in [0.1, 0.15) is 22.9 Å². The molecular weight excluding hydrogens is 254 g/mol. The number of carbonyl (C=O) groups is 1. The highest BCUT2D eigenvalue weighted by molar-refractivity contribution is 5.71. The van der Waals surface area contributed by atoms with Gasteiger partial charge in [-0.3, -0.25) is 4.79 Å². The molecule has 0 N–H and O–H groups in total. The average molecular weight is 269 g/mol. The lowest BCUT2D eigenvalue weighted by Crippen LogP contribution is -1.98. The summed E-state index contributed by atoms with van der Waals surface area (Å²) in [7, 11) is 0. The number of benzene rings is 1. The Morgan fingerprint density at radius 3 is 2.70 bits per heavy atom. The first-order valence-electron chi connectivity index (χ1n) is 6.65. The second-order valence-corrected chi connectivity index (χ2v) is 4.87. The van der Waals surface area contributed by atoms with Crippen LogP contribution in [0.2, 0.25) is 0 Å². The number of nitrogens with zero attached hydrogens (tertiary/aromatic N) is 1. The molecular formula is C16H15NO3. The van der Waals surface area contributed by atoms with Gasteiger partial charge in [0, 0.05) is 6.07 Å². The molecule has 1 aliphatic carbocycles. The number of rotatable bonds is 6. The molecule has 0 saturated heterocycles. The van der Waals surface area contributed by atoms with Gasteiger partial charge in [-0.2, -0.15) is 0 Å². The maximum Gasteiger partial charge on any atom is 0.168 e. The zero-order valence-corrected chi connectivity index (χ0v) is 11.0. The average Bonchev–Trinajstić information content (AvgIpc) is 3.31. The summed E-state index contributed by atoms with van der Waals surface area (Å²) in [6.07, 6.45) is 4.77. The molecule has 0 spiro atoms. The molecule has 0 atom stereocenters. The summed E-state index contributed by atoms with van der Waals surface area (Å²) < 4.78 is 11.4. The highest BCUT2D eigenvalue weighted by atomic mass is 16.5. The van der Waals surface area contributed by atoms with Crippen molar-refractivity contribution >= 4 is 6.29 Å². The van der Waals surface area contributed by atoms with Gasteiger partial charge in [0.15, 0.2) is 6.29 Å². The topological polar surface area (TPSA) is 48.4 Å². The third kappa shape index (κ3) is 3.35. The third-order valence-electron chi connectivity index (χ3n) is 3.10. The van der Waals surface area contributed by atoms with Crippen molar-refractivity contribution in [1.82, 2.24) is 4.98 Å². The first-order valence-corrected chi connectivity index (χ1v) is 6.65. The summed E-state index contributed by atoms with van der Waals surface area (Å²) >= 11 is 0. The minimum absolute atomic E-state index is 0.388. The predicted molar refractivity (Wildman–Crippen MR) is 74.4 cm³/mol. The van der Waals surface area contributed by atoms with E-state index in [0.29, 0.717) is 23.5 Å². The standard InChI is InChI=1S/C16H15NO3/c18-10-13-6-7-16(9-17-13)20-15-3-1-2-14(8-15)19-11-12-4-5-12/h1-3,6-10,12H,4-5,11H2. The Balaban J connectivity index is 1.65. The molecule has 0 unspecified atom stereocenters. The van der Waals surface area contributed by atoms with E-state index in [1.807, 2.05) is 24.3 Å². The number of hydrogen-bond donors (Lipinski definition) is 0. The Bertz CT molecular complexity index is 591. The molecule has 1 aliphatic rings. The summed E-state index contributed by atoms with van der Waals surface area (Å²) in [6.45, 7) is 0.777. The number of aromatic nitrogens is 1. The summed E-state index contributed by atoms with van der Waals surface area (Å²) in [4.78, 5) is 14.5. The second-order valence-electron chi connectivity index (χ2n) is 4.87. The van der Waals surface area contributed by atoms with Crippen LogP contribution in [0, 0.1) is 5.92 Å². The molecule has 0 bridgehead atoms. The van der Waals surface area contributed by atoms with Crippen molar-refractivity contribution in [2.75, 3.05) is 6.61 Å². The molecule has 1 heterocycles. The minimum atomic E-state index is 0.388. The summed E-state index contributed by atoms with van der Waals surface area (Å²) in [6, 6.07) is 10.9. The van der Waals surface area contributed by atoms with Gasteiger partial charge >= 0.3 is 0 Å². The van der Waals surface area contributed by atoms with Gasteiger partial charge in [-0.25, -0.2) is 4.98 Å². The van der Waals surface area contributed by atoms with E-state index in [9.17, 15) is 4.79 Å². The van der Waals surface area contributed by atoms with Crippen LogP contribution in [-0.2, 0) is 0 Å². The van der Waals surface area contributed by atoms with Gasteiger partial charge < -0.3 is 9.47 Å². The molecule has 0 aliphatic heterocycles. The zero-order valence-electron chi connectivity index (χ0n) is 11.0. The number of hydrogen-bond acceptors (Lipinski definition) is 4. The van der Waals surface area contributed by atoms with Crippen molar-refractivity contribution in [3.8, 4) is 17.2 Å².